The molecule has 0 saturated heterocycles. The van der Waals surface area contributed by atoms with Gasteiger partial charge in [-0.1, -0.05) is 13.2 Å². The van der Waals surface area contributed by atoms with Crippen LogP contribution in [-0.2, 0) is 4.74 Å². The Labute approximate surface area is 78.5 Å². The van der Waals surface area contributed by atoms with Crippen LogP contribution in [0.2, 0.25) is 0 Å². The lowest BCUT2D eigenvalue weighted by Crippen LogP contribution is -1.91. The fourth-order valence-electron chi connectivity index (χ4n) is 1.06. The molecule has 70 valence electrons. The molecule has 0 bridgehead atoms. The zero-order chi connectivity index (χ0) is 9.68. The number of allylic oxidation sites excluding steroid dienone is 1. The zero-order valence-electron chi connectivity index (χ0n) is 7.88. The van der Waals surface area contributed by atoms with Gasteiger partial charge in [0.15, 0.2) is 0 Å². The first-order valence-electron chi connectivity index (χ1n) is 4.25. The molecule has 0 radical (unpaired) electrons. The van der Waals surface area contributed by atoms with Crippen molar-refractivity contribution in [1.29, 1.82) is 0 Å². The Morgan fingerprint density at radius 1 is 1.54 bits per heavy atom. The predicted octanol–water partition coefficient (Wildman–Crippen LogP) is 3.23. The molecule has 1 aromatic heterocycles. The molecule has 0 atom stereocenters. The van der Waals surface area contributed by atoms with Gasteiger partial charge in [0.05, 0.1) is 24.9 Å². The summed E-state index contributed by atoms with van der Waals surface area (Å²) in [5, 5.41) is 0. The van der Waals surface area contributed by atoms with Gasteiger partial charge in [0, 0.05) is 12.0 Å². The molecule has 2 heteroatoms. The van der Waals surface area contributed by atoms with Crippen molar-refractivity contribution in [2.45, 2.75) is 13.3 Å². The monoisotopic (exact) mass is 178 g/mol. The second kappa shape index (κ2) is 4.55. The third kappa shape index (κ3) is 2.82. The molecule has 0 aliphatic carbocycles. The molecular weight excluding hydrogens is 164 g/mol. The van der Waals surface area contributed by atoms with Gasteiger partial charge in [-0.3, -0.25) is 0 Å². The molecule has 0 aromatic carbocycles. The van der Waals surface area contributed by atoms with Crippen molar-refractivity contribution in [2.75, 3.05) is 6.61 Å². The van der Waals surface area contributed by atoms with Crippen molar-refractivity contribution < 1.29 is 9.15 Å². The van der Waals surface area contributed by atoms with Gasteiger partial charge in [0.1, 0.15) is 0 Å². The summed E-state index contributed by atoms with van der Waals surface area (Å²) in [6, 6.07) is 1.88. The molecule has 1 heterocycles. The van der Waals surface area contributed by atoms with Gasteiger partial charge in [-0.05, 0) is 18.6 Å². The van der Waals surface area contributed by atoms with E-state index < -0.39 is 0 Å². The van der Waals surface area contributed by atoms with E-state index in [1.54, 1.807) is 12.5 Å². The maximum Gasteiger partial charge on any atom is 0.0977 e. The zero-order valence-corrected chi connectivity index (χ0v) is 7.88. The van der Waals surface area contributed by atoms with Gasteiger partial charge in [0.25, 0.3) is 0 Å². The molecule has 0 aliphatic heterocycles. The van der Waals surface area contributed by atoms with Crippen molar-refractivity contribution >= 4 is 5.57 Å². The molecule has 0 amide bonds. The van der Waals surface area contributed by atoms with Gasteiger partial charge < -0.3 is 9.15 Å². The van der Waals surface area contributed by atoms with E-state index in [1.165, 1.54) is 0 Å². The van der Waals surface area contributed by atoms with Crippen molar-refractivity contribution in [3.05, 3.63) is 43.1 Å². The minimum absolute atomic E-state index is 0.650. The van der Waals surface area contributed by atoms with E-state index >= 15 is 0 Å². The Kier molecular flexibility index (Phi) is 3.38. The van der Waals surface area contributed by atoms with Crippen molar-refractivity contribution in [3.63, 3.8) is 0 Å². The molecule has 1 aromatic rings. The van der Waals surface area contributed by atoms with E-state index in [1.807, 2.05) is 13.0 Å². The van der Waals surface area contributed by atoms with Crippen LogP contribution in [0.3, 0.4) is 0 Å². The van der Waals surface area contributed by atoms with Crippen LogP contribution in [0.4, 0.5) is 0 Å². The van der Waals surface area contributed by atoms with E-state index in [0.29, 0.717) is 13.0 Å². The molecule has 2 nitrogen and oxygen atoms in total. The van der Waals surface area contributed by atoms with Crippen molar-refractivity contribution in [3.8, 4) is 0 Å². The highest BCUT2D eigenvalue weighted by atomic mass is 16.5. The summed E-state index contributed by atoms with van der Waals surface area (Å²) in [4.78, 5) is 0. The lowest BCUT2D eigenvalue weighted by atomic mass is 10.1. The quantitative estimate of drug-likeness (QED) is 0.646. The van der Waals surface area contributed by atoms with E-state index in [4.69, 9.17) is 9.15 Å². The highest BCUT2D eigenvalue weighted by Crippen LogP contribution is 2.20. The molecule has 0 fully saturated rings. The number of rotatable bonds is 5. The van der Waals surface area contributed by atoms with E-state index in [0.717, 1.165) is 16.9 Å². The summed E-state index contributed by atoms with van der Waals surface area (Å²) < 4.78 is 10.2. The van der Waals surface area contributed by atoms with Crippen LogP contribution in [0, 0.1) is 0 Å². The standard InChI is InChI=1S/C11H14O2/c1-4-13-10(3)7-9(2)11-5-6-12-8-11/h5-6,8H,2-4,7H2,1H3. The van der Waals surface area contributed by atoms with Crippen LogP contribution in [-0.4, -0.2) is 6.61 Å². The molecule has 0 unspecified atom stereocenters. The normalized spacial score (nSPS) is 9.62. The fraction of sp³-hybridized carbons (Fsp3) is 0.273. The first-order valence-corrected chi connectivity index (χ1v) is 4.25. The van der Waals surface area contributed by atoms with E-state index in [2.05, 4.69) is 13.2 Å². The topological polar surface area (TPSA) is 22.4 Å². The SMILES string of the molecule is C=C(CC(=C)c1ccoc1)OCC. The summed E-state index contributed by atoms with van der Waals surface area (Å²) in [7, 11) is 0. The van der Waals surface area contributed by atoms with Crippen LogP contribution in [0.25, 0.3) is 5.57 Å². The number of ether oxygens (including phenoxy) is 1. The third-order valence-electron chi connectivity index (χ3n) is 1.69. The van der Waals surface area contributed by atoms with Gasteiger partial charge in [-0.15, -0.1) is 0 Å². The fourth-order valence-corrected chi connectivity index (χ4v) is 1.06. The number of hydrogen-bond donors (Lipinski definition) is 0. The minimum atomic E-state index is 0.650. The van der Waals surface area contributed by atoms with E-state index in [-0.39, 0.29) is 0 Å². The summed E-state index contributed by atoms with van der Waals surface area (Å²) in [5.74, 6) is 0.744. The molecule has 0 spiro atoms. The molecular formula is C11H14O2. The Balaban J connectivity index is 2.47. The smallest absolute Gasteiger partial charge is 0.0977 e. The van der Waals surface area contributed by atoms with Crippen molar-refractivity contribution in [2.24, 2.45) is 0 Å². The average molecular weight is 178 g/mol. The Bertz CT molecular complexity index is 283. The maximum atomic E-state index is 5.22. The largest absolute Gasteiger partial charge is 0.498 e. The van der Waals surface area contributed by atoms with Gasteiger partial charge >= 0.3 is 0 Å². The third-order valence-corrected chi connectivity index (χ3v) is 1.69. The first kappa shape index (κ1) is 9.65. The average Bonchev–Trinajstić information content (AvgIpc) is 2.55. The molecule has 1 rings (SSSR count). The summed E-state index contributed by atoms with van der Waals surface area (Å²) in [6.45, 7) is 10.3. The number of furan rings is 1. The lowest BCUT2D eigenvalue weighted by molar-refractivity contribution is 0.227. The molecule has 0 saturated carbocycles. The Morgan fingerprint density at radius 2 is 2.31 bits per heavy atom. The van der Waals surface area contributed by atoms with Crippen LogP contribution in [0.1, 0.15) is 18.9 Å². The second-order valence-electron chi connectivity index (χ2n) is 2.76. The summed E-state index contributed by atoms with van der Waals surface area (Å²) in [6.07, 6.45) is 3.96. The predicted molar refractivity (Wildman–Crippen MR) is 53.1 cm³/mol. The van der Waals surface area contributed by atoms with Crippen LogP contribution < -0.4 is 0 Å². The molecule has 13 heavy (non-hydrogen) atoms. The lowest BCUT2D eigenvalue weighted by Gasteiger charge is -2.07. The van der Waals surface area contributed by atoms with Crippen LogP contribution >= 0.6 is 0 Å². The Morgan fingerprint density at radius 3 is 2.85 bits per heavy atom. The summed E-state index contributed by atoms with van der Waals surface area (Å²) >= 11 is 0. The first-order chi connectivity index (χ1) is 6.24. The molecule has 0 N–H and O–H groups in total. The van der Waals surface area contributed by atoms with Crippen LogP contribution in [0.15, 0.2) is 41.9 Å². The van der Waals surface area contributed by atoms with Crippen molar-refractivity contribution in [1.82, 2.24) is 0 Å². The maximum absolute atomic E-state index is 5.22. The minimum Gasteiger partial charge on any atom is -0.498 e. The van der Waals surface area contributed by atoms with Crippen LogP contribution in [0.5, 0.6) is 0 Å². The highest BCUT2D eigenvalue weighted by Gasteiger charge is 2.02. The Hall–Kier alpha value is -1.44. The van der Waals surface area contributed by atoms with Gasteiger partial charge in [0.2, 0.25) is 0 Å². The highest BCUT2D eigenvalue weighted by molar-refractivity contribution is 5.63. The van der Waals surface area contributed by atoms with Gasteiger partial charge in [-0.2, -0.15) is 0 Å². The second-order valence-corrected chi connectivity index (χ2v) is 2.76. The van der Waals surface area contributed by atoms with Gasteiger partial charge in [-0.25, -0.2) is 0 Å². The summed E-state index contributed by atoms with van der Waals surface area (Å²) in [5.41, 5.74) is 1.97. The number of hydrogen-bond acceptors (Lipinski definition) is 2. The van der Waals surface area contributed by atoms with E-state index in [9.17, 15) is 0 Å². The molecule has 0 aliphatic rings.